The summed E-state index contributed by atoms with van der Waals surface area (Å²) in [6, 6.07) is 4.82. The average Bonchev–Trinajstić information content (AvgIpc) is 2.50. The first kappa shape index (κ1) is 17.7. The summed E-state index contributed by atoms with van der Waals surface area (Å²) in [6.45, 7) is 2.18. The fraction of sp³-hybridized carbons (Fsp3) is 0.312. The first-order valence-electron chi connectivity index (χ1n) is 7.10. The number of hydrogen-bond acceptors (Lipinski definition) is 4. The van der Waals surface area contributed by atoms with Crippen molar-refractivity contribution >= 4 is 5.91 Å². The summed E-state index contributed by atoms with van der Waals surface area (Å²) in [6.07, 6.45) is -1.64. The van der Waals surface area contributed by atoms with Gasteiger partial charge in [-0.15, -0.1) is 0 Å². The summed E-state index contributed by atoms with van der Waals surface area (Å²) in [5.74, 6) is -0.218. The summed E-state index contributed by atoms with van der Waals surface area (Å²) < 4.78 is 41.1. The van der Waals surface area contributed by atoms with Crippen molar-refractivity contribution in [2.24, 2.45) is 0 Å². The van der Waals surface area contributed by atoms with Crippen LogP contribution in [0, 0.1) is 13.8 Å². The lowest BCUT2D eigenvalue weighted by molar-refractivity contribution is -0.153. The van der Waals surface area contributed by atoms with Gasteiger partial charge in [0.25, 0.3) is 5.91 Å². The number of ether oxygens (including phenoxy) is 1. The molecule has 128 valence electrons. The molecule has 2 heterocycles. The van der Waals surface area contributed by atoms with Gasteiger partial charge in [-0.1, -0.05) is 0 Å². The highest BCUT2D eigenvalue weighted by Gasteiger charge is 2.28. The number of alkyl halides is 3. The lowest BCUT2D eigenvalue weighted by Gasteiger charge is -2.12. The smallest absolute Gasteiger partial charge is 0.422 e. The van der Waals surface area contributed by atoms with Crippen LogP contribution >= 0.6 is 0 Å². The molecule has 0 atom stereocenters. The van der Waals surface area contributed by atoms with E-state index in [2.05, 4.69) is 20.0 Å². The fourth-order valence-electron chi connectivity index (χ4n) is 1.97. The van der Waals surface area contributed by atoms with Crippen molar-refractivity contribution < 1.29 is 22.7 Å². The monoisotopic (exact) mass is 339 g/mol. The van der Waals surface area contributed by atoms with Crippen LogP contribution in [0.2, 0.25) is 0 Å². The van der Waals surface area contributed by atoms with Gasteiger partial charge in [0, 0.05) is 17.5 Å². The van der Waals surface area contributed by atoms with Crippen LogP contribution in [0.4, 0.5) is 13.2 Å². The van der Waals surface area contributed by atoms with Crippen LogP contribution in [0.25, 0.3) is 0 Å². The van der Waals surface area contributed by atoms with Gasteiger partial charge in [-0.3, -0.25) is 14.8 Å². The topological polar surface area (TPSA) is 64.1 Å². The maximum absolute atomic E-state index is 12.2. The zero-order valence-corrected chi connectivity index (χ0v) is 13.1. The van der Waals surface area contributed by atoms with Gasteiger partial charge in [0.15, 0.2) is 6.61 Å². The molecular weight excluding hydrogens is 323 g/mol. The molecule has 0 saturated carbocycles. The number of aromatic nitrogens is 2. The minimum Gasteiger partial charge on any atom is -0.482 e. The highest BCUT2D eigenvalue weighted by Crippen LogP contribution is 2.21. The molecule has 2 rings (SSSR count). The molecule has 8 heteroatoms. The van der Waals surface area contributed by atoms with E-state index in [9.17, 15) is 18.0 Å². The second-order valence-electron chi connectivity index (χ2n) is 5.21. The summed E-state index contributed by atoms with van der Waals surface area (Å²) >= 11 is 0. The Balaban J connectivity index is 1.96. The molecule has 0 aliphatic carbocycles. The summed E-state index contributed by atoms with van der Waals surface area (Å²) in [5, 5.41) is 2.70. The zero-order valence-electron chi connectivity index (χ0n) is 13.1. The van der Waals surface area contributed by atoms with Crippen LogP contribution in [-0.2, 0) is 6.54 Å². The van der Waals surface area contributed by atoms with Crippen molar-refractivity contribution in [2.75, 3.05) is 6.61 Å². The molecule has 2 aromatic rings. The number of pyridine rings is 2. The van der Waals surface area contributed by atoms with E-state index in [-0.39, 0.29) is 18.2 Å². The Labute approximate surface area is 136 Å². The average molecular weight is 339 g/mol. The molecule has 0 spiro atoms. The zero-order chi connectivity index (χ0) is 17.7. The molecule has 0 aliphatic rings. The first-order chi connectivity index (χ1) is 11.2. The molecule has 5 nitrogen and oxygen atoms in total. The van der Waals surface area contributed by atoms with Crippen LogP contribution in [0.15, 0.2) is 30.6 Å². The van der Waals surface area contributed by atoms with Crippen molar-refractivity contribution in [3.05, 3.63) is 53.1 Å². The maximum Gasteiger partial charge on any atom is 0.422 e. The van der Waals surface area contributed by atoms with E-state index in [4.69, 9.17) is 0 Å². The molecule has 0 radical (unpaired) electrons. The number of amides is 1. The van der Waals surface area contributed by atoms with Gasteiger partial charge in [0.05, 0.1) is 18.4 Å². The quantitative estimate of drug-likeness (QED) is 0.910. The molecule has 0 aliphatic heterocycles. The highest BCUT2D eigenvalue weighted by atomic mass is 19.4. The van der Waals surface area contributed by atoms with Gasteiger partial charge >= 0.3 is 6.18 Å². The molecule has 1 N–H and O–H groups in total. The van der Waals surface area contributed by atoms with E-state index < -0.39 is 12.8 Å². The third-order valence-corrected chi connectivity index (χ3v) is 3.10. The number of halogens is 3. The van der Waals surface area contributed by atoms with Crippen LogP contribution in [0.3, 0.4) is 0 Å². The fourth-order valence-corrected chi connectivity index (χ4v) is 1.97. The molecule has 0 bridgehead atoms. The number of aryl methyl sites for hydroxylation is 2. The Morgan fingerprint density at radius 1 is 1.25 bits per heavy atom. The SMILES string of the molecule is Cc1cc(C(=O)NCc2cc(C)c(OCC(F)(F)F)cn2)ccn1. The van der Waals surface area contributed by atoms with E-state index >= 15 is 0 Å². The molecule has 0 unspecified atom stereocenters. The van der Waals surface area contributed by atoms with Crippen molar-refractivity contribution in [3.8, 4) is 5.75 Å². The lowest BCUT2D eigenvalue weighted by Crippen LogP contribution is -2.23. The summed E-state index contributed by atoms with van der Waals surface area (Å²) in [5.41, 5.74) is 2.23. The number of rotatable bonds is 5. The second kappa shape index (κ2) is 7.29. The number of carbonyl (C=O) groups excluding carboxylic acids is 1. The predicted molar refractivity (Wildman–Crippen MR) is 80.7 cm³/mol. The molecular formula is C16H16F3N3O2. The van der Waals surface area contributed by atoms with Gasteiger partial charge in [-0.2, -0.15) is 13.2 Å². The number of carbonyl (C=O) groups is 1. The lowest BCUT2D eigenvalue weighted by atomic mass is 10.2. The minimum absolute atomic E-state index is 0.0622. The van der Waals surface area contributed by atoms with E-state index in [1.807, 2.05) is 0 Å². The van der Waals surface area contributed by atoms with E-state index in [0.717, 1.165) is 5.69 Å². The van der Waals surface area contributed by atoms with Gasteiger partial charge in [-0.25, -0.2) is 0 Å². The second-order valence-corrected chi connectivity index (χ2v) is 5.21. The van der Waals surface area contributed by atoms with Gasteiger partial charge in [0.1, 0.15) is 5.75 Å². The Hall–Kier alpha value is -2.64. The molecule has 2 aromatic heterocycles. The number of hydrogen-bond donors (Lipinski definition) is 1. The summed E-state index contributed by atoms with van der Waals surface area (Å²) in [7, 11) is 0. The van der Waals surface area contributed by atoms with E-state index in [1.165, 1.54) is 6.20 Å². The Bertz CT molecular complexity index is 733. The predicted octanol–water partition coefficient (Wildman–Crippen LogP) is 2.96. The van der Waals surface area contributed by atoms with Crippen LogP contribution in [0.1, 0.15) is 27.3 Å². The number of nitrogens with one attached hydrogen (secondary N) is 1. The molecule has 0 aromatic carbocycles. The molecule has 0 saturated heterocycles. The number of nitrogens with zero attached hydrogens (tertiary/aromatic N) is 2. The van der Waals surface area contributed by atoms with Gasteiger partial charge in [-0.05, 0) is 37.6 Å². The van der Waals surface area contributed by atoms with Crippen molar-refractivity contribution in [1.82, 2.24) is 15.3 Å². The standard InChI is InChI=1S/C16H16F3N3O2/c1-10-5-13(21-8-14(10)24-9-16(17,18)19)7-22-15(23)12-3-4-20-11(2)6-12/h3-6,8H,7,9H2,1-2H3,(H,22,23). The van der Waals surface area contributed by atoms with Gasteiger partial charge < -0.3 is 10.1 Å². The van der Waals surface area contributed by atoms with E-state index in [1.54, 1.807) is 38.2 Å². The highest BCUT2D eigenvalue weighted by molar-refractivity contribution is 5.94. The Morgan fingerprint density at radius 2 is 2.00 bits per heavy atom. The normalized spacial score (nSPS) is 11.2. The van der Waals surface area contributed by atoms with Gasteiger partial charge in [0.2, 0.25) is 0 Å². The molecule has 24 heavy (non-hydrogen) atoms. The maximum atomic E-state index is 12.2. The minimum atomic E-state index is -4.40. The largest absolute Gasteiger partial charge is 0.482 e. The Morgan fingerprint density at radius 3 is 2.62 bits per heavy atom. The van der Waals surface area contributed by atoms with Crippen LogP contribution in [0.5, 0.6) is 5.75 Å². The Kier molecular flexibility index (Phi) is 5.38. The van der Waals surface area contributed by atoms with Crippen LogP contribution < -0.4 is 10.1 Å². The van der Waals surface area contributed by atoms with Crippen molar-refractivity contribution in [2.45, 2.75) is 26.6 Å². The van der Waals surface area contributed by atoms with E-state index in [0.29, 0.717) is 16.8 Å². The van der Waals surface area contributed by atoms with Crippen molar-refractivity contribution in [3.63, 3.8) is 0 Å². The van der Waals surface area contributed by atoms with Crippen LogP contribution in [-0.4, -0.2) is 28.7 Å². The van der Waals surface area contributed by atoms with Crippen molar-refractivity contribution in [1.29, 1.82) is 0 Å². The third kappa shape index (κ3) is 5.22. The molecule has 1 amide bonds. The summed E-state index contributed by atoms with van der Waals surface area (Å²) in [4.78, 5) is 20.0. The first-order valence-corrected chi connectivity index (χ1v) is 7.10. The third-order valence-electron chi connectivity index (χ3n) is 3.10. The molecule has 0 fully saturated rings.